The Morgan fingerprint density at radius 3 is 2.67 bits per heavy atom. The van der Waals surface area contributed by atoms with Crippen LogP contribution in [0.25, 0.3) is 0 Å². The number of piperidine rings is 1. The van der Waals surface area contributed by atoms with Crippen molar-refractivity contribution < 1.29 is 5.11 Å². The van der Waals surface area contributed by atoms with E-state index in [9.17, 15) is 5.11 Å². The van der Waals surface area contributed by atoms with Crippen molar-refractivity contribution in [1.82, 2.24) is 5.32 Å². The molecule has 0 radical (unpaired) electrons. The molecule has 1 heterocycles. The number of nitrogens with one attached hydrogen (secondary N) is 1. The van der Waals surface area contributed by atoms with Crippen LogP contribution >= 0.6 is 0 Å². The van der Waals surface area contributed by atoms with E-state index >= 15 is 0 Å². The molecule has 2 rings (SSSR count). The molecule has 2 nitrogen and oxygen atoms in total. The predicted octanol–water partition coefficient (Wildman–Crippen LogP) is 2.03. The SMILES string of the molecule is CCc1ccc(C2CC(O)CCN2)cc1. The van der Waals surface area contributed by atoms with E-state index < -0.39 is 0 Å². The van der Waals surface area contributed by atoms with Gasteiger partial charge in [0.1, 0.15) is 0 Å². The summed E-state index contributed by atoms with van der Waals surface area (Å²) in [5.74, 6) is 0. The fraction of sp³-hybridized carbons (Fsp3) is 0.538. The Balaban J connectivity index is 2.07. The number of aliphatic hydroxyl groups excluding tert-OH is 1. The number of aliphatic hydroxyl groups is 1. The van der Waals surface area contributed by atoms with Crippen molar-refractivity contribution in [2.45, 2.75) is 38.3 Å². The Labute approximate surface area is 91.3 Å². The minimum atomic E-state index is -0.137. The smallest absolute Gasteiger partial charge is 0.0570 e. The van der Waals surface area contributed by atoms with E-state index in [0.717, 1.165) is 25.8 Å². The summed E-state index contributed by atoms with van der Waals surface area (Å²) in [5, 5.41) is 13.0. The normalized spacial score (nSPS) is 26.5. The van der Waals surface area contributed by atoms with Crippen LogP contribution in [-0.4, -0.2) is 17.8 Å². The van der Waals surface area contributed by atoms with E-state index in [0.29, 0.717) is 6.04 Å². The molecular formula is C13H19NO. The molecule has 0 aromatic heterocycles. The first-order valence-corrected chi connectivity index (χ1v) is 5.80. The van der Waals surface area contributed by atoms with Gasteiger partial charge in [-0.05, 0) is 36.9 Å². The number of benzene rings is 1. The van der Waals surface area contributed by atoms with E-state index in [2.05, 4.69) is 36.5 Å². The molecule has 1 aliphatic rings. The van der Waals surface area contributed by atoms with Crippen molar-refractivity contribution >= 4 is 0 Å². The summed E-state index contributed by atoms with van der Waals surface area (Å²) in [5.41, 5.74) is 2.67. The number of hydrogen-bond acceptors (Lipinski definition) is 2. The maximum atomic E-state index is 9.60. The maximum absolute atomic E-state index is 9.60. The molecule has 0 bridgehead atoms. The molecule has 2 heteroatoms. The van der Waals surface area contributed by atoms with Crippen LogP contribution in [0, 0.1) is 0 Å². The average molecular weight is 205 g/mol. The van der Waals surface area contributed by atoms with Gasteiger partial charge in [0.05, 0.1) is 6.10 Å². The zero-order valence-corrected chi connectivity index (χ0v) is 9.24. The highest BCUT2D eigenvalue weighted by Gasteiger charge is 2.20. The fourth-order valence-electron chi connectivity index (χ4n) is 2.14. The second-order valence-electron chi connectivity index (χ2n) is 4.28. The van der Waals surface area contributed by atoms with Gasteiger partial charge in [0, 0.05) is 6.04 Å². The van der Waals surface area contributed by atoms with Crippen molar-refractivity contribution in [2.75, 3.05) is 6.54 Å². The highest BCUT2D eigenvalue weighted by Crippen LogP contribution is 2.23. The van der Waals surface area contributed by atoms with Crippen LogP contribution in [0.2, 0.25) is 0 Å². The second kappa shape index (κ2) is 4.77. The van der Waals surface area contributed by atoms with Crippen LogP contribution in [0.5, 0.6) is 0 Å². The molecule has 0 aliphatic carbocycles. The van der Waals surface area contributed by atoms with Crippen LogP contribution in [-0.2, 0) is 6.42 Å². The number of rotatable bonds is 2. The van der Waals surface area contributed by atoms with E-state index in [1.54, 1.807) is 0 Å². The van der Waals surface area contributed by atoms with Crippen molar-refractivity contribution in [2.24, 2.45) is 0 Å². The van der Waals surface area contributed by atoms with Gasteiger partial charge in [-0.2, -0.15) is 0 Å². The molecule has 0 saturated carbocycles. The predicted molar refractivity (Wildman–Crippen MR) is 61.8 cm³/mol. The first kappa shape index (κ1) is 10.7. The standard InChI is InChI=1S/C13H19NO/c1-2-10-3-5-11(6-4-10)13-9-12(15)7-8-14-13/h3-6,12-15H,2,7-9H2,1H3. The molecule has 15 heavy (non-hydrogen) atoms. The average Bonchev–Trinajstić information content (AvgIpc) is 2.29. The van der Waals surface area contributed by atoms with E-state index in [4.69, 9.17) is 0 Å². The monoisotopic (exact) mass is 205 g/mol. The highest BCUT2D eigenvalue weighted by atomic mass is 16.3. The molecule has 2 N–H and O–H groups in total. The number of hydrogen-bond donors (Lipinski definition) is 2. The molecule has 1 aromatic carbocycles. The molecule has 1 fully saturated rings. The van der Waals surface area contributed by atoms with Crippen molar-refractivity contribution in [3.8, 4) is 0 Å². The third-order valence-corrected chi connectivity index (χ3v) is 3.17. The van der Waals surface area contributed by atoms with Gasteiger partial charge in [-0.25, -0.2) is 0 Å². The third kappa shape index (κ3) is 2.58. The third-order valence-electron chi connectivity index (χ3n) is 3.17. The summed E-state index contributed by atoms with van der Waals surface area (Å²) in [6.45, 7) is 3.08. The quantitative estimate of drug-likeness (QED) is 0.774. The maximum Gasteiger partial charge on any atom is 0.0570 e. The first-order chi connectivity index (χ1) is 7.29. The van der Waals surface area contributed by atoms with Gasteiger partial charge in [-0.3, -0.25) is 0 Å². The molecule has 0 spiro atoms. The molecule has 0 amide bonds. The van der Waals surface area contributed by atoms with E-state index in [-0.39, 0.29) is 6.10 Å². The minimum absolute atomic E-state index is 0.137. The van der Waals surface area contributed by atoms with Gasteiger partial charge >= 0.3 is 0 Å². The molecule has 1 saturated heterocycles. The lowest BCUT2D eigenvalue weighted by Gasteiger charge is -2.27. The summed E-state index contributed by atoms with van der Waals surface area (Å²) < 4.78 is 0. The van der Waals surface area contributed by atoms with Crippen LogP contribution in [0.15, 0.2) is 24.3 Å². The number of aryl methyl sites for hydroxylation is 1. The van der Waals surface area contributed by atoms with Crippen LogP contribution in [0.3, 0.4) is 0 Å². The van der Waals surface area contributed by atoms with E-state index in [1.165, 1.54) is 11.1 Å². The summed E-state index contributed by atoms with van der Waals surface area (Å²) in [4.78, 5) is 0. The van der Waals surface area contributed by atoms with Gasteiger partial charge in [-0.1, -0.05) is 31.2 Å². The highest BCUT2D eigenvalue weighted by molar-refractivity contribution is 5.25. The van der Waals surface area contributed by atoms with Gasteiger partial charge in [0.15, 0.2) is 0 Å². The summed E-state index contributed by atoms with van der Waals surface area (Å²) in [7, 11) is 0. The Morgan fingerprint density at radius 1 is 1.33 bits per heavy atom. The Kier molecular flexibility index (Phi) is 3.39. The van der Waals surface area contributed by atoms with Crippen LogP contribution in [0.1, 0.15) is 36.9 Å². The topological polar surface area (TPSA) is 32.3 Å². The van der Waals surface area contributed by atoms with Crippen molar-refractivity contribution in [3.05, 3.63) is 35.4 Å². The van der Waals surface area contributed by atoms with Gasteiger partial charge in [0.2, 0.25) is 0 Å². The van der Waals surface area contributed by atoms with Crippen LogP contribution < -0.4 is 5.32 Å². The first-order valence-electron chi connectivity index (χ1n) is 5.80. The Morgan fingerprint density at radius 2 is 2.07 bits per heavy atom. The van der Waals surface area contributed by atoms with E-state index in [1.807, 2.05) is 0 Å². The summed E-state index contributed by atoms with van der Waals surface area (Å²) in [6, 6.07) is 9.04. The summed E-state index contributed by atoms with van der Waals surface area (Å²) in [6.07, 6.45) is 2.66. The lowest BCUT2D eigenvalue weighted by molar-refractivity contribution is 0.117. The fourth-order valence-corrected chi connectivity index (χ4v) is 2.14. The zero-order valence-electron chi connectivity index (χ0n) is 9.24. The summed E-state index contributed by atoms with van der Waals surface area (Å²) >= 11 is 0. The Bertz CT molecular complexity index is 307. The van der Waals surface area contributed by atoms with Crippen LogP contribution in [0.4, 0.5) is 0 Å². The second-order valence-corrected chi connectivity index (χ2v) is 4.28. The van der Waals surface area contributed by atoms with Gasteiger partial charge < -0.3 is 10.4 Å². The largest absolute Gasteiger partial charge is 0.393 e. The van der Waals surface area contributed by atoms with Crippen molar-refractivity contribution in [3.63, 3.8) is 0 Å². The minimum Gasteiger partial charge on any atom is -0.393 e. The Hall–Kier alpha value is -0.860. The lowest BCUT2D eigenvalue weighted by Crippen LogP contribution is -2.34. The molecule has 2 unspecified atom stereocenters. The zero-order chi connectivity index (χ0) is 10.7. The van der Waals surface area contributed by atoms with Gasteiger partial charge in [0.25, 0.3) is 0 Å². The molecule has 2 atom stereocenters. The van der Waals surface area contributed by atoms with Gasteiger partial charge in [-0.15, -0.1) is 0 Å². The molecular weight excluding hydrogens is 186 g/mol. The lowest BCUT2D eigenvalue weighted by atomic mass is 9.95. The molecule has 1 aliphatic heterocycles. The molecule has 82 valence electrons. The van der Waals surface area contributed by atoms with Crippen molar-refractivity contribution in [1.29, 1.82) is 0 Å². The molecule has 1 aromatic rings.